The van der Waals surface area contributed by atoms with Crippen LogP contribution in [0.2, 0.25) is 0 Å². The van der Waals surface area contributed by atoms with Gasteiger partial charge in [0.05, 0.1) is 11.8 Å². The number of rotatable bonds is 7. The second-order valence-corrected chi connectivity index (χ2v) is 6.09. The topological polar surface area (TPSA) is 144 Å². The number of nitriles is 1. The van der Waals surface area contributed by atoms with Gasteiger partial charge in [0.2, 0.25) is 5.78 Å². The molecule has 2 heterocycles. The molecule has 0 aliphatic carbocycles. The number of benzene rings is 1. The lowest BCUT2D eigenvalue weighted by atomic mass is 10.0. The van der Waals surface area contributed by atoms with Crippen LogP contribution < -0.4 is 11.1 Å². The molecule has 2 aromatic heterocycles. The minimum absolute atomic E-state index is 0.109. The van der Waals surface area contributed by atoms with Gasteiger partial charge in [-0.05, 0) is 23.8 Å². The van der Waals surface area contributed by atoms with Crippen LogP contribution >= 0.6 is 0 Å². The smallest absolute Gasteiger partial charge is 0.287 e. The quantitative estimate of drug-likeness (QED) is 0.565. The Labute approximate surface area is 165 Å². The largest absolute Gasteiger partial charge is 0.363 e. The van der Waals surface area contributed by atoms with E-state index in [-0.39, 0.29) is 12.1 Å². The van der Waals surface area contributed by atoms with Crippen molar-refractivity contribution in [2.75, 3.05) is 0 Å². The Kier molecular flexibility index (Phi) is 5.75. The number of hydrogen-bond acceptors (Lipinski definition) is 6. The predicted molar refractivity (Wildman–Crippen MR) is 102 cm³/mol. The van der Waals surface area contributed by atoms with E-state index in [4.69, 9.17) is 11.0 Å². The van der Waals surface area contributed by atoms with Crippen LogP contribution in [0.15, 0.2) is 60.9 Å². The monoisotopic (exact) mass is 388 g/mol. The molecule has 0 radical (unpaired) electrons. The Balaban J connectivity index is 1.85. The standard InChI is InChI=1S/C20H16N6O3/c21-11-14-6-7-17(23-12-14)26-16(8-9-24-26)20(29)25-15(18(27)19(22)28)10-13-4-2-1-3-5-13/h1-9,12,15H,10H2,(H2,22,28)(H,25,29). The van der Waals surface area contributed by atoms with Crippen LogP contribution in [-0.2, 0) is 16.0 Å². The van der Waals surface area contributed by atoms with Gasteiger partial charge < -0.3 is 11.1 Å². The molecule has 9 heteroatoms. The molecule has 29 heavy (non-hydrogen) atoms. The van der Waals surface area contributed by atoms with Crippen molar-refractivity contribution in [3.63, 3.8) is 0 Å². The molecule has 2 amide bonds. The van der Waals surface area contributed by atoms with E-state index in [1.54, 1.807) is 36.4 Å². The van der Waals surface area contributed by atoms with Gasteiger partial charge in [-0.3, -0.25) is 14.4 Å². The third-order valence-corrected chi connectivity index (χ3v) is 4.12. The summed E-state index contributed by atoms with van der Waals surface area (Å²) in [5, 5.41) is 15.5. The third-order valence-electron chi connectivity index (χ3n) is 4.12. The van der Waals surface area contributed by atoms with Gasteiger partial charge in [-0.15, -0.1) is 0 Å². The van der Waals surface area contributed by atoms with Gasteiger partial charge in [0, 0.05) is 12.6 Å². The van der Waals surface area contributed by atoms with Crippen LogP contribution in [0.5, 0.6) is 0 Å². The van der Waals surface area contributed by atoms with Crippen molar-refractivity contribution in [3.8, 4) is 11.9 Å². The van der Waals surface area contributed by atoms with E-state index in [9.17, 15) is 14.4 Å². The van der Waals surface area contributed by atoms with Gasteiger partial charge in [-0.1, -0.05) is 30.3 Å². The Morgan fingerprint density at radius 3 is 2.52 bits per heavy atom. The summed E-state index contributed by atoms with van der Waals surface area (Å²) in [7, 11) is 0. The highest BCUT2D eigenvalue weighted by Gasteiger charge is 2.27. The molecule has 3 rings (SSSR count). The molecule has 1 aromatic carbocycles. The Hall–Kier alpha value is -4.32. The van der Waals surface area contributed by atoms with Crippen molar-refractivity contribution < 1.29 is 14.4 Å². The third kappa shape index (κ3) is 4.51. The maximum Gasteiger partial charge on any atom is 0.287 e. The number of primary amides is 1. The molecular formula is C20H16N6O3. The van der Waals surface area contributed by atoms with Gasteiger partial charge >= 0.3 is 0 Å². The van der Waals surface area contributed by atoms with Crippen LogP contribution in [0.25, 0.3) is 5.82 Å². The summed E-state index contributed by atoms with van der Waals surface area (Å²) < 4.78 is 1.27. The second-order valence-electron chi connectivity index (χ2n) is 6.09. The number of nitrogens with two attached hydrogens (primary N) is 1. The highest BCUT2D eigenvalue weighted by molar-refractivity contribution is 6.38. The minimum Gasteiger partial charge on any atom is -0.363 e. The number of nitrogens with zero attached hydrogens (tertiary/aromatic N) is 4. The van der Waals surface area contributed by atoms with Crippen molar-refractivity contribution >= 4 is 17.6 Å². The lowest BCUT2D eigenvalue weighted by Gasteiger charge is -2.16. The summed E-state index contributed by atoms with van der Waals surface area (Å²) in [6, 6.07) is 14.3. The van der Waals surface area contributed by atoms with Crippen LogP contribution in [-0.4, -0.2) is 38.4 Å². The number of nitrogens with one attached hydrogen (secondary N) is 1. The van der Waals surface area contributed by atoms with E-state index >= 15 is 0 Å². The van der Waals surface area contributed by atoms with Crippen LogP contribution in [0.3, 0.4) is 0 Å². The lowest BCUT2D eigenvalue weighted by molar-refractivity contribution is -0.137. The zero-order chi connectivity index (χ0) is 20.8. The summed E-state index contributed by atoms with van der Waals surface area (Å²) in [5.74, 6) is -2.33. The number of hydrogen-bond donors (Lipinski definition) is 2. The van der Waals surface area contributed by atoms with E-state index in [0.717, 1.165) is 5.56 Å². The first-order valence-corrected chi connectivity index (χ1v) is 8.58. The number of carbonyl (C=O) groups is 3. The molecule has 0 aliphatic rings. The number of Topliss-reactive ketones (excluding diaryl/α,β-unsaturated/α-hetero) is 1. The molecule has 0 aliphatic heterocycles. The summed E-state index contributed by atoms with van der Waals surface area (Å²) in [4.78, 5) is 40.5. The number of aromatic nitrogens is 3. The zero-order valence-electron chi connectivity index (χ0n) is 15.1. The highest BCUT2D eigenvalue weighted by Crippen LogP contribution is 2.10. The first kappa shape index (κ1) is 19.4. The predicted octanol–water partition coefficient (Wildman–Crippen LogP) is 0.534. The van der Waals surface area contributed by atoms with Crippen molar-refractivity contribution in [1.29, 1.82) is 5.26 Å². The minimum atomic E-state index is -1.13. The number of carbonyl (C=O) groups excluding carboxylic acids is 3. The Morgan fingerprint density at radius 1 is 1.14 bits per heavy atom. The van der Waals surface area contributed by atoms with E-state index in [2.05, 4.69) is 15.4 Å². The fourth-order valence-electron chi connectivity index (χ4n) is 2.70. The average molecular weight is 388 g/mol. The normalized spacial score (nSPS) is 11.3. The second kappa shape index (κ2) is 8.58. The molecule has 144 valence electrons. The first-order valence-electron chi connectivity index (χ1n) is 8.58. The lowest BCUT2D eigenvalue weighted by Crippen LogP contribution is -2.47. The zero-order valence-corrected chi connectivity index (χ0v) is 15.1. The van der Waals surface area contributed by atoms with Crippen molar-refractivity contribution in [2.24, 2.45) is 5.73 Å². The van der Waals surface area contributed by atoms with E-state index in [0.29, 0.717) is 11.4 Å². The molecule has 0 spiro atoms. The van der Waals surface area contributed by atoms with E-state index in [1.165, 1.54) is 23.1 Å². The van der Waals surface area contributed by atoms with Gasteiger partial charge in [-0.25, -0.2) is 9.67 Å². The number of ketones is 1. The summed E-state index contributed by atoms with van der Waals surface area (Å²) in [6.45, 7) is 0. The van der Waals surface area contributed by atoms with Crippen LogP contribution in [0.1, 0.15) is 21.6 Å². The van der Waals surface area contributed by atoms with Crippen LogP contribution in [0.4, 0.5) is 0 Å². The number of pyridine rings is 1. The molecule has 1 atom stereocenters. The van der Waals surface area contributed by atoms with Crippen molar-refractivity contribution in [3.05, 3.63) is 77.7 Å². The molecule has 1 unspecified atom stereocenters. The van der Waals surface area contributed by atoms with Crippen LogP contribution in [0, 0.1) is 11.3 Å². The van der Waals surface area contributed by atoms with Gasteiger partial charge in [0.25, 0.3) is 11.8 Å². The molecule has 0 fully saturated rings. The molecule has 3 N–H and O–H groups in total. The van der Waals surface area contributed by atoms with Gasteiger partial charge in [0.15, 0.2) is 5.82 Å². The molecular weight excluding hydrogens is 372 g/mol. The fourth-order valence-corrected chi connectivity index (χ4v) is 2.70. The van der Waals surface area contributed by atoms with Crippen molar-refractivity contribution in [1.82, 2.24) is 20.1 Å². The SMILES string of the molecule is N#Cc1ccc(-n2nccc2C(=O)NC(Cc2ccccc2)C(=O)C(N)=O)nc1. The Bertz CT molecular complexity index is 1080. The summed E-state index contributed by atoms with van der Waals surface area (Å²) in [6.07, 6.45) is 2.86. The van der Waals surface area contributed by atoms with Crippen molar-refractivity contribution in [2.45, 2.75) is 12.5 Å². The fraction of sp³-hybridized carbons (Fsp3) is 0.100. The van der Waals surface area contributed by atoms with E-state index < -0.39 is 23.6 Å². The number of amides is 2. The maximum atomic E-state index is 12.8. The van der Waals surface area contributed by atoms with Gasteiger partial charge in [-0.2, -0.15) is 10.4 Å². The molecule has 3 aromatic rings. The molecule has 0 bridgehead atoms. The highest BCUT2D eigenvalue weighted by atomic mass is 16.2. The summed E-state index contributed by atoms with van der Waals surface area (Å²) in [5.41, 5.74) is 6.37. The molecule has 9 nitrogen and oxygen atoms in total. The van der Waals surface area contributed by atoms with E-state index in [1.807, 2.05) is 12.1 Å². The van der Waals surface area contributed by atoms with Gasteiger partial charge in [0.1, 0.15) is 17.8 Å². The summed E-state index contributed by atoms with van der Waals surface area (Å²) >= 11 is 0. The maximum absolute atomic E-state index is 12.8. The molecule has 0 saturated carbocycles. The Morgan fingerprint density at radius 2 is 1.90 bits per heavy atom. The average Bonchev–Trinajstić information content (AvgIpc) is 3.23. The molecule has 0 saturated heterocycles. The first-order chi connectivity index (χ1) is 14.0.